The van der Waals surface area contributed by atoms with Crippen LogP contribution in [-0.4, -0.2) is 39.4 Å². The zero-order valence-corrected chi connectivity index (χ0v) is 21.4. The van der Waals surface area contributed by atoms with Gasteiger partial charge in [0.15, 0.2) is 5.11 Å². The molecule has 2 aromatic heterocycles. The molecular formula is C27H24ClN5O3S. The van der Waals surface area contributed by atoms with Gasteiger partial charge >= 0.3 is 0 Å². The highest BCUT2D eigenvalue weighted by Gasteiger charge is 2.42. The van der Waals surface area contributed by atoms with E-state index in [1.54, 1.807) is 30.5 Å². The molecule has 3 heterocycles. The number of amides is 1. The molecule has 188 valence electrons. The molecule has 1 fully saturated rings. The molecule has 3 N–H and O–H groups in total. The number of nitrogens with zero attached hydrogens (tertiary/aromatic N) is 3. The molecule has 8 nitrogen and oxygen atoms in total. The lowest BCUT2D eigenvalue weighted by Crippen LogP contribution is -2.30. The molecule has 0 bridgehead atoms. The van der Waals surface area contributed by atoms with Crippen LogP contribution >= 0.6 is 23.8 Å². The second-order valence-corrected chi connectivity index (χ2v) is 9.26. The molecule has 37 heavy (non-hydrogen) atoms. The number of nitrogens with one attached hydrogen (secondary N) is 2. The Labute approximate surface area is 224 Å². The molecule has 10 heteroatoms. The lowest BCUT2D eigenvalue weighted by atomic mass is 10.0. The van der Waals surface area contributed by atoms with Crippen molar-refractivity contribution in [3.63, 3.8) is 0 Å². The van der Waals surface area contributed by atoms with Crippen LogP contribution in [0.25, 0.3) is 5.69 Å². The summed E-state index contributed by atoms with van der Waals surface area (Å²) >= 11 is 12.4. The van der Waals surface area contributed by atoms with Gasteiger partial charge in [-0.25, -0.2) is 0 Å². The first-order valence-corrected chi connectivity index (χ1v) is 12.3. The lowest BCUT2D eigenvalue weighted by Gasteiger charge is -2.29. The summed E-state index contributed by atoms with van der Waals surface area (Å²) in [5.41, 5.74) is 3.93. The highest BCUT2D eigenvalue weighted by Crippen LogP contribution is 2.43. The molecule has 0 aliphatic carbocycles. The third kappa shape index (κ3) is 5.01. The summed E-state index contributed by atoms with van der Waals surface area (Å²) < 4.78 is 6.95. The topological polar surface area (TPSA) is 91.7 Å². The standard InChI is InChI=1S/C27H24ClN5O3S/c1-36-16-24(35)30-21-12-9-18(15-20(21)28)33-26(25(31-27(33)37)22-5-2-3-13-29-22)23-6-4-14-32(23)17-7-10-19(34)11-8-17/h2-15,25-26,34H,16H2,1H3,(H,30,35)(H,31,37)/t25-,26-/m0/s1. The monoisotopic (exact) mass is 533 g/mol. The van der Waals surface area contributed by atoms with Gasteiger partial charge in [-0.15, -0.1) is 0 Å². The third-order valence-corrected chi connectivity index (χ3v) is 6.72. The van der Waals surface area contributed by atoms with Gasteiger partial charge in [0.25, 0.3) is 0 Å². The molecule has 0 radical (unpaired) electrons. The molecular weight excluding hydrogens is 510 g/mol. The van der Waals surface area contributed by atoms with Crippen molar-refractivity contribution in [2.75, 3.05) is 23.9 Å². The molecule has 1 aliphatic rings. The zero-order chi connectivity index (χ0) is 25.9. The largest absolute Gasteiger partial charge is 0.508 e. The molecule has 5 rings (SSSR count). The molecule has 4 aromatic rings. The Morgan fingerprint density at radius 1 is 1.14 bits per heavy atom. The number of ether oxygens (including phenoxy) is 1. The number of phenolic OH excluding ortho intramolecular Hbond substituents is 1. The fraction of sp³-hybridized carbons (Fsp3) is 0.148. The molecule has 0 unspecified atom stereocenters. The first-order valence-electron chi connectivity index (χ1n) is 11.5. The number of phenols is 1. The minimum absolute atomic E-state index is 0.0692. The van der Waals surface area contributed by atoms with Gasteiger partial charge in [-0.1, -0.05) is 17.7 Å². The van der Waals surface area contributed by atoms with Crippen molar-refractivity contribution in [1.82, 2.24) is 14.9 Å². The zero-order valence-electron chi connectivity index (χ0n) is 19.8. The van der Waals surface area contributed by atoms with Crippen molar-refractivity contribution >= 4 is 46.2 Å². The molecule has 2 atom stereocenters. The highest BCUT2D eigenvalue weighted by molar-refractivity contribution is 7.80. The predicted octanol–water partition coefficient (Wildman–Crippen LogP) is 4.99. The van der Waals surface area contributed by atoms with Gasteiger partial charge in [0, 0.05) is 36.6 Å². The fourth-order valence-electron chi connectivity index (χ4n) is 4.49. The fourth-order valence-corrected chi connectivity index (χ4v) is 5.06. The number of pyridine rings is 1. The van der Waals surface area contributed by atoms with Gasteiger partial charge in [-0.2, -0.15) is 0 Å². The average Bonchev–Trinajstić information content (AvgIpc) is 3.51. The van der Waals surface area contributed by atoms with Crippen LogP contribution in [0.3, 0.4) is 0 Å². The van der Waals surface area contributed by atoms with Crippen molar-refractivity contribution in [2.45, 2.75) is 12.1 Å². The van der Waals surface area contributed by atoms with Gasteiger partial charge in [0.1, 0.15) is 18.4 Å². The quantitative estimate of drug-likeness (QED) is 0.288. The molecule has 1 saturated heterocycles. The van der Waals surface area contributed by atoms with Crippen molar-refractivity contribution in [3.05, 3.63) is 102 Å². The van der Waals surface area contributed by atoms with Crippen molar-refractivity contribution in [2.24, 2.45) is 0 Å². The summed E-state index contributed by atoms with van der Waals surface area (Å²) in [4.78, 5) is 18.6. The third-order valence-electron chi connectivity index (χ3n) is 6.09. The Balaban J connectivity index is 1.58. The average molecular weight is 534 g/mol. The summed E-state index contributed by atoms with van der Waals surface area (Å²) in [5, 5.41) is 16.9. The number of carbonyl (C=O) groups is 1. The van der Waals surface area contributed by atoms with E-state index >= 15 is 0 Å². The van der Waals surface area contributed by atoms with Crippen LogP contribution in [0.15, 0.2) is 85.2 Å². The van der Waals surface area contributed by atoms with Crippen LogP contribution in [-0.2, 0) is 9.53 Å². The number of thiocarbonyl (C=S) groups is 1. The number of aromatic nitrogens is 2. The number of methoxy groups -OCH3 is 1. The van der Waals surface area contributed by atoms with Gasteiger partial charge in [-0.3, -0.25) is 9.78 Å². The molecule has 1 aliphatic heterocycles. The minimum atomic E-state index is -0.296. The van der Waals surface area contributed by atoms with E-state index in [1.807, 2.05) is 59.6 Å². The van der Waals surface area contributed by atoms with E-state index in [0.29, 0.717) is 15.8 Å². The minimum Gasteiger partial charge on any atom is -0.508 e. The number of anilines is 2. The first kappa shape index (κ1) is 24.8. The van der Waals surface area contributed by atoms with E-state index in [9.17, 15) is 9.90 Å². The predicted molar refractivity (Wildman–Crippen MR) is 147 cm³/mol. The Bertz CT molecular complexity index is 1430. The molecule has 1 amide bonds. The van der Waals surface area contributed by atoms with Crippen LogP contribution in [0.1, 0.15) is 23.5 Å². The maximum absolute atomic E-state index is 12.0. The van der Waals surface area contributed by atoms with E-state index in [1.165, 1.54) is 7.11 Å². The van der Waals surface area contributed by atoms with Crippen LogP contribution in [0.2, 0.25) is 5.02 Å². The van der Waals surface area contributed by atoms with Crippen molar-refractivity contribution in [1.29, 1.82) is 0 Å². The van der Waals surface area contributed by atoms with Crippen LogP contribution in [0.4, 0.5) is 11.4 Å². The number of hydrogen-bond donors (Lipinski definition) is 3. The Kier molecular flexibility index (Phi) is 7.09. The summed E-state index contributed by atoms with van der Waals surface area (Å²) in [7, 11) is 1.46. The number of halogens is 1. The van der Waals surface area contributed by atoms with E-state index in [-0.39, 0.29) is 30.3 Å². The second-order valence-electron chi connectivity index (χ2n) is 8.46. The van der Waals surface area contributed by atoms with E-state index in [2.05, 4.69) is 20.2 Å². The second kappa shape index (κ2) is 10.6. The number of carbonyl (C=O) groups excluding carboxylic acids is 1. The van der Waals surface area contributed by atoms with Crippen LogP contribution in [0.5, 0.6) is 5.75 Å². The smallest absolute Gasteiger partial charge is 0.250 e. The lowest BCUT2D eigenvalue weighted by molar-refractivity contribution is -0.119. The summed E-state index contributed by atoms with van der Waals surface area (Å²) in [6, 6.07) is 21.7. The van der Waals surface area contributed by atoms with E-state index < -0.39 is 0 Å². The summed E-state index contributed by atoms with van der Waals surface area (Å²) in [6.07, 6.45) is 3.73. The van der Waals surface area contributed by atoms with Crippen molar-refractivity contribution < 1.29 is 14.6 Å². The molecule has 0 saturated carbocycles. The van der Waals surface area contributed by atoms with Gasteiger partial charge in [-0.05, 0) is 78.9 Å². The maximum atomic E-state index is 12.0. The molecule has 2 aromatic carbocycles. The number of benzene rings is 2. The Hall–Kier alpha value is -3.92. The summed E-state index contributed by atoms with van der Waals surface area (Å²) in [6.45, 7) is -0.0692. The first-order chi connectivity index (χ1) is 18.0. The van der Waals surface area contributed by atoms with E-state index in [0.717, 1.165) is 22.8 Å². The molecule has 0 spiro atoms. The number of rotatable bonds is 7. The van der Waals surface area contributed by atoms with Gasteiger partial charge < -0.3 is 29.9 Å². The Morgan fingerprint density at radius 3 is 2.62 bits per heavy atom. The van der Waals surface area contributed by atoms with Gasteiger partial charge in [0.05, 0.1) is 22.4 Å². The SMILES string of the molecule is COCC(=O)Nc1ccc(N2C(=S)N[C@@H](c3ccccn3)[C@@H]2c2cccn2-c2ccc(O)cc2)cc1Cl. The normalized spacial score (nSPS) is 17.0. The summed E-state index contributed by atoms with van der Waals surface area (Å²) in [5.74, 6) is -0.100. The highest BCUT2D eigenvalue weighted by atomic mass is 35.5. The van der Waals surface area contributed by atoms with Crippen LogP contribution in [0, 0.1) is 0 Å². The van der Waals surface area contributed by atoms with Crippen LogP contribution < -0.4 is 15.5 Å². The van der Waals surface area contributed by atoms with E-state index in [4.69, 9.17) is 28.6 Å². The Morgan fingerprint density at radius 2 is 1.92 bits per heavy atom. The van der Waals surface area contributed by atoms with Gasteiger partial charge in [0.2, 0.25) is 5.91 Å². The van der Waals surface area contributed by atoms with Crippen molar-refractivity contribution in [3.8, 4) is 11.4 Å². The number of hydrogen-bond acceptors (Lipinski definition) is 5. The maximum Gasteiger partial charge on any atom is 0.250 e. The number of aromatic hydroxyl groups is 1.